The number of aryl methyl sites for hydroxylation is 1. The maximum Gasteiger partial charge on any atom is 0.328 e. The number of carbonyl (C=O) groups excluding carboxylic acids is 9. The molecule has 5 amide bonds. The van der Waals surface area contributed by atoms with Gasteiger partial charge in [-0.2, -0.15) is 0 Å². The molecule has 2 aromatic rings. The number of fused-ring (bicyclic) bond motifs is 5. The molecule has 0 spiro atoms. The van der Waals surface area contributed by atoms with E-state index in [4.69, 9.17) is 41.0 Å². The zero-order valence-corrected chi connectivity index (χ0v) is 58.8. The standard InChI is InChI=1S/C65H90Br2ClN5O17S/c1-36(2)47(30-46(74)19-14-13-18-39(5)87-62(81)45(34-66)35-67)59(78)71-48(20-16-24-70-63(69)82)50(75)28-43-22-23-44(29-52(43)91(12,84)85)60(79)72(9)41(7)61(80)89-54-31-55(76)73(10)49-27-42(26-38(4)57(49)68)25-37(3)17-15-21-53(86-11)65(83)32-51(88-56(77)33-65)40(6)58-64(54,8)90-58/h15,17,21-23,26-27,29,36,39-41,45,47-48,51,53-54,58,83H,13-14,16,18-20,24-25,28,30-35H2,1-12H3,(H,71,78)(H3,69,70,82)/b21-15+,37-17+/t39?,40-,41+,47+,48+,51+,53-,54+,58+,64+,65-/m1/s1. The van der Waals surface area contributed by atoms with Crippen LogP contribution in [0.25, 0.3) is 0 Å². The van der Waals surface area contributed by atoms with Crippen LogP contribution in [-0.2, 0) is 79.9 Å². The van der Waals surface area contributed by atoms with Gasteiger partial charge in [-0.25, -0.2) is 18.0 Å². The van der Waals surface area contributed by atoms with E-state index in [1.165, 1.54) is 38.1 Å². The molecule has 0 aliphatic carbocycles. The second-order valence-corrected chi connectivity index (χ2v) is 28.7. The zero-order valence-electron chi connectivity index (χ0n) is 54.1. The molecule has 3 aliphatic rings. The Labute approximate surface area is 556 Å². The van der Waals surface area contributed by atoms with Crippen LogP contribution < -0.4 is 21.3 Å². The summed E-state index contributed by atoms with van der Waals surface area (Å²) in [5.41, 5.74) is 4.88. The van der Waals surface area contributed by atoms with Crippen LogP contribution in [0.4, 0.5) is 10.5 Å². The van der Waals surface area contributed by atoms with E-state index in [9.17, 15) is 56.7 Å². The number of Topliss-reactive ketones (excluding diaryl/α,β-unsaturated/α-hetero) is 2. The van der Waals surface area contributed by atoms with Gasteiger partial charge in [-0.05, 0) is 114 Å². The first-order valence-corrected chi connectivity index (χ1v) is 35.1. The number of nitrogens with zero attached hydrogens (tertiary/aromatic N) is 2. The summed E-state index contributed by atoms with van der Waals surface area (Å²) in [4.78, 5) is 124. The number of rotatable bonds is 27. The summed E-state index contributed by atoms with van der Waals surface area (Å²) in [5.74, 6) is -6.79. The number of primary amides is 1. The molecule has 22 nitrogen and oxygen atoms in total. The second kappa shape index (κ2) is 33.5. The minimum atomic E-state index is -4.19. The molecule has 3 aliphatic heterocycles. The van der Waals surface area contributed by atoms with Crippen LogP contribution in [0.2, 0.25) is 5.02 Å². The maximum atomic E-state index is 14.5. The molecule has 0 radical (unpaired) electrons. The van der Waals surface area contributed by atoms with Crippen LogP contribution in [0.15, 0.2) is 59.0 Å². The average molecular weight is 1440 g/mol. The number of esters is 3. The van der Waals surface area contributed by atoms with Crippen molar-refractivity contribution in [2.45, 2.75) is 191 Å². The number of ether oxygens (including phenoxy) is 5. The number of likely N-dealkylation sites (N-methyl/N-ethyl adjacent to an activating group) is 1. The molecule has 11 atom stereocenters. The van der Waals surface area contributed by atoms with Crippen molar-refractivity contribution in [2.24, 2.45) is 29.4 Å². The Morgan fingerprint density at radius 2 is 1.67 bits per heavy atom. The molecule has 5 N–H and O–H groups in total. The van der Waals surface area contributed by atoms with Gasteiger partial charge < -0.3 is 55.0 Å². The maximum absolute atomic E-state index is 14.5. The Morgan fingerprint density at radius 1 is 0.989 bits per heavy atom. The molecule has 3 heterocycles. The van der Waals surface area contributed by atoms with Crippen molar-refractivity contribution >= 4 is 112 Å². The zero-order chi connectivity index (χ0) is 68.0. The molecular weight excluding hydrogens is 1350 g/mol. The number of sulfone groups is 1. The number of anilines is 1. The van der Waals surface area contributed by atoms with E-state index >= 15 is 0 Å². The highest BCUT2D eigenvalue weighted by Gasteiger charge is 2.64. The second-order valence-electron chi connectivity index (χ2n) is 25.1. The van der Waals surface area contributed by atoms with Crippen LogP contribution >= 0.6 is 43.5 Å². The molecular formula is C65H90Br2ClN5O17S. The lowest BCUT2D eigenvalue weighted by molar-refractivity contribution is -0.187. The van der Waals surface area contributed by atoms with Crippen LogP contribution in [0.5, 0.6) is 0 Å². The topological polar surface area (TPSA) is 314 Å². The fraction of sp³-hybridized carbons (Fsp3) is 0.615. The number of allylic oxidation sites excluding steroid dienone is 3. The normalized spacial score (nSPS) is 24.3. The molecule has 0 saturated carbocycles. The molecule has 0 aromatic heterocycles. The third kappa shape index (κ3) is 20.7. The quantitative estimate of drug-likeness (QED) is 0.0217. The number of ketones is 2. The van der Waals surface area contributed by atoms with Gasteiger partial charge in [0.15, 0.2) is 15.6 Å². The van der Waals surface area contributed by atoms with E-state index in [0.717, 1.165) is 28.4 Å². The summed E-state index contributed by atoms with van der Waals surface area (Å²) in [6.07, 6.45) is 2.82. The number of carbonyl (C=O) groups is 9. The summed E-state index contributed by atoms with van der Waals surface area (Å²) in [5, 5.41) is 18.5. The van der Waals surface area contributed by atoms with Crippen LogP contribution in [0.3, 0.4) is 0 Å². The lowest BCUT2D eigenvalue weighted by Crippen LogP contribution is -2.53. The fourth-order valence-corrected chi connectivity index (χ4v) is 14.3. The van der Waals surface area contributed by atoms with Crippen molar-refractivity contribution in [3.63, 3.8) is 0 Å². The molecule has 2 fully saturated rings. The van der Waals surface area contributed by atoms with Crippen molar-refractivity contribution in [1.29, 1.82) is 0 Å². The highest BCUT2D eigenvalue weighted by atomic mass is 79.9. The Kier molecular flexibility index (Phi) is 28.0. The van der Waals surface area contributed by atoms with Gasteiger partial charge in [0.2, 0.25) is 11.8 Å². The van der Waals surface area contributed by atoms with Crippen molar-refractivity contribution in [3.8, 4) is 0 Å². The van der Waals surface area contributed by atoms with E-state index in [1.807, 2.05) is 26.0 Å². The number of nitrogens with two attached hydrogens (primary N) is 1. The predicted octanol–water partition coefficient (Wildman–Crippen LogP) is 7.96. The highest BCUT2D eigenvalue weighted by molar-refractivity contribution is 9.09. The summed E-state index contributed by atoms with van der Waals surface area (Å²) >= 11 is 13.5. The average Bonchev–Trinajstić information content (AvgIpc) is 1.58. The predicted molar refractivity (Wildman–Crippen MR) is 350 cm³/mol. The molecule has 4 bridgehead atoms. The number of hydrogen-bond acceptors (Lipinski definition) is 17. The summed E-state index contributed by atoms with van der Waals surface area (Å²) in [6.45, 7) is 13.9. The van der Waals surface area contributed by atoms with E-state index in [2.05, 4.69) is 42.5 Å². The molecule has 504 valence electrons. The summed E-state index contributed by atoms with van der Waals surface area (Å²) < 4.78 is 56.8. The summed E-state index contributed by atoms with van der Waals surface area (Å²) in [6, 6.07) is 3.99. The number of nitrogens with one attached hydrogen (secondary N) is 2. The lowest BCUT2D eigenvalue weighted by Gasteiger charge is -2.41. The number of amides is 5. The first-order valence-electron chi connectivity index (χ1n) is 30.6. The Bertz CT molecular complexity index is 3200. The van der Waals surface area contributed by atoms with Gasteiger partial charge in [0, 0.05) is 87.7 Å². The number of hydrogen-bond donors (Lipinski definition) is 4. The summed E-state index contributed by atoms with van der Waals surface area (Å²) in [7, 11) is 0.0960. The van der Waals surface area contributed by atoms with Crippen LogP contribution in [0, 0.1) is 30.6 Å². The van der Waals surface area contributed by atoms with Gasteiger partial charge >= 0.3 is 23.9 Å². The number of alkyl halides is 2. The van der Waals surface area contributed by atoms with Crippen LogP contribution in [0.1, 0.15) is 140 Å². The van der Waals surface area contributed by atoms with Crippen molar-refractivity contribution in [2.75, 3.05) is 49.6 Å². The number of halogens is 3. The van der Waals surface area contributed by atoms with Crippen molar-refractivity contribution < 1.29 is 80.4 Å². The van der Waals surface area contributed by atoms with E-state index < -0.39 is 124 Å². The smallest absolute Gasteiger partial charge is 0.328 e. The SMILES string of the molecule is CO[C@@H]1/C=C/C=C(\C)Cc2cc(C)c(Cl)c(c2)N(C)C(=O)C[C@H](OC(=O)[C@H](C)N(C)C(=O)c2ccc(CC(=O)[C@H](CCCNC(N)=O)NC(=O)[C@@H](CC(=O)CCCCC(C)OC(=O)C(CBr)CBr)C(C)C)c(S(C)(=O)=O)c2)[C@]2(C)O[C@H]2[C@H](C)[C@@H]2C[C@@]1(O)CC(=O)O2. The third-order valence-electron chi connectivity index (χ3n) is 17.4. The minimum Gasteiger partial charge on any atom is -0.462 e. The third-order valence-corrected chi connectivity index (χ3v) is 20.6. The monoisotopic (exact) mass is 1440 g/mol. The van der Waals surface area contributed by atoms with Crippen molar-refractivity contribution in [3.05, 3.63) is 81.4 Å². The van der Waals surface area contributed by atoms with Gasteiger partial charge in [-0.3, -0.25) is 33.6 Å². The Balaban J connectivity index is 1.36. The molecule has 2 saturated heterocycles. The van der Waals surface area contributed by atoms with Gasteiger partial charge in [0.25, 0.3) is 5.91 Å². The largest absolute Gasteiger partial charge is 0.462 e. The fourth-order valence-electron chi connectivity index (χ4n) is 11.5. The molecule has 1 unspecified atom stereocenters. The number of unbranched alkanes of at least 4 members (excludes halogenated alkanes) is 1. The molecule has 26 heteroatoms. The first kappa shape index (κ1) is 76.1. The number of epoxide rings is 1. The molecule has 91 heavy (non-hydrogen) atoms. The van der Waals surface area contributed by atoms with Gasteiger partial charge in [0.05, 0.1) is 52.6 Å². The minimum absolute atomic E-state index is 0.00444. The van der Waals surface area contributed by atoms with Crippen molar-refractivity contribution in [1.82, 2.24) is 15.5 Å². The number of urea groups is 1. The van der Waals surface area contributed by atoms with E-state index in [-0.39, 0.29) is 90.8 Å². The number of methoxy groups -OCH3 is 1. The molecule has 5 rings (SSSR count). The van der Waals surface area contributed by atoms with Crippen LogP contribution in [-0.4, -0.2) is 170 Å². The Hall–Kier alpha value is -5.57. The van der Waals surface area contributed by atoms with Gasteiger partial charge in [-0.1, -0.05) is 100 Å². The first-order chi connectivity index (χ1) is 42.6. The molecule has 2 aromatic carbocycles. The Morgan fingerprint density at radius 3 is 2.30 bits per heavy atom. The lowest BCUT2D eigenvalue weighted by atomic mass is 9.78. The van der Waals surface area contributed by atoms with E-state index in [0.29, 0.717) is 52.6 Å². The number of aliphatic hydroxyl groups is 1. The highest BCUT2D eigenvalue weighted by Crippen LogP contribution is 2.50. The van der Waals surface area contributed by atoms with Gasteiger partial charge in [0.1, 0.15) is 41.3 Å². The van der Waals surface area contributed by atoms with E-state index in [1.54, 1.807) is 59.9 Å². The van der Waals surface area contributed by atoms with Gasteiger partial charge in [-0.15, -0.1) is 0 Å². The number of benzene rings is 2.